The number of H-pyrrole nitrogens is 1. The normalized spacial score (nSPS) is 11.6. The van der Waals surface area contributed by atoms with Crippen molar-refractivity contribution in [2.45, 2.75) is 12.6 Å². The van der Waals surface area contributed by atoms with Crippen LogP contribution in [-0.4, -0.2) is 39.1 Å². The Bertz CT molecular complexity index is 687. The smallest absolute Gasteiger partial charge is 0.451 e. The summed E-state index contributed by atoms with van der Waals surface area (Å²) in [7, 11) is 0. The maximum atomic E-state index is 12.3. The minimum absolute atomic E-state index is 0.0809. The van der Waals surface area contributed by atoms with Gasteiger partial charge < -0.3 is 4.74 Å². The average Bonchev–Trinajstić information content (AvgIpc) is 2.94. The van der Waals surface area contributed by atoms with Crippen molar-refractivity contribution in [2.75, 3.05) is 11.9 Å². The fourth-order valence-corrected chi connectivity index (χ4v) is 1.40. The van der Waals surface area contributed by atoms with Gasteiger partial charge in [0.05, 0.1) is 0 Å². The molecule has 0 atom stereocenters. The zero-order valence-corrected chi connectivity index (χ0v) is 11.1. The Morgan fingerprint density at radius 1 is 1.39 bits per heavy atom. The number of carbonyl (C=O) groups is 1. The predicted molar refractivity (Wildman–Crippen MR) is 65.1 cm³/mol. The van der Waals surface area contributed by atoms with Gasteiger partial charge in [0.1, 0.15) is 0 Å². The number of anilines is 1. The molecule has 2 aromatic rings. The highest BCUT2D eigenvalue weighted by Gasteiger charge is 2.35. The Balaban J connectivity index is 2.06. The number of ether oxygens (including phenoxy) is 1. The van der Waals surface area contributed by atoms with Crippen molar-refractivity contribution in [3.8, 4) is 5.88 Å². The first-order valence-corrected chi connectivity index (χ1v) is 5.93. The van der Waals surface area contributed by atoms with E-state index in [1.54, 1.807) is 5.10 Å². The Hall–Kier alpha value is -2.79. The Morgan fingerprint density at radius 2 is 2.13 bits per heavy atom. The molecule has 0 saturated carbocycles. The maximum Gasteiger partial charge on any atom is 0.451 e. The lowest BCUT2D eigenvalue weighted by atomic mass is 10.2. The third-order valence-corrected chi connectivity index (χ3v) is 2.33. The Morgan fingerprint density at radius 3 is 2.74 bits per heavy atom. The molecule has 0 radical (unpaired) electrons. The van der Waals surface area contributed by atoms with Crippen LogP contribution in [0.5, 0.6) is 5.88 Å². The standard InChI is InChI=1S/C11H8F5N5O2/c12-6(13)4-23-7-3-5(1-2-17-7)8(22)18-10-19-9(20-21-10)11(14,15)16/h1-3,6H,4H2,(H2,18,19,20,21,22). The molecule has 1 amide bonds. The van der Waals surface area contributed by atoms with E-state index in [0.29, 0.717) is 0 Å². The van der Waals surface area contributed by atoms with Gasteiger partial charge in [0, 0.05) is 17.8 Å². The van der Waals surface area contributed by atoms with Crippen molar-refractivity contribution in [1.29, 1.82) is 0 Å². The van der Waals surface area contributed by atoms with Crippen molar-refractivity contribution in [1.82, 2.24) is 20.2 Å². The summed E-state index contributed by atoms with van der Waals surface area (Å²) in [6.07, 6.45) is -6.33. The van der Waals surface area contributed by atoms with Crippen molar-refractivity contribution in [3.05, 3.63) is 29.7 Å². The fourth-order valence-electron chi connectivity index (χ4n) is 1.40. The molecule has 0 aliphatic carbocycles. The number of nitrogens with one attached hydrogen (secondary N) is 2. The topological polar surface area (TPSA) is 92.8 Å². The van der Waals surface area contributed by atoms with E-state index in [-0.39, 0.29) is 11.4 Å². The summed E-state index contributed by atoms with van der Waals surface area (Å²) in [6.45, 7) is -0.909. The maximum absolute atomic E-state index is 12.3. The number of amides is 1. The number of pyridine rings is 1. The van der Waals surface area contributed by atoms with Gasteiger partial charge in [0.15, 0.2) is 6.61 Å². The van der Waals surface area contributed by atoms with Crippen LogP contribution in [0.3, 0.4) is 0 Å². The molecule has 2 heterocycles. The van der Waals surface area contributed by atoms with Gasteiger partial charge in [0.25, 0.3) is 12.3 Å². The molecule has 2 aromatic heterocycles. The summed E-state index contributed by atoms with van der Waals surface area (Å²) in [4.78, 5) is 18.5. The molecule has 0 aliphatic rings. The third-order valence-electron chi connectivity index (χ3n) is 2.33. The fraction of sp³-hybridized carbons (Fsp3) is 0.273. The minimum atomic E-state index is -4.73. The second-order valence-electron chi connectivity index (χ2n) is 4.04. The second kappa shape index (κ2) is 6.54. The van der Waals surface area contributed by atoms with E-state index in [0.717, 1.165) is 12.3 Å². The average molecular weight is 337 g/mol. The van der Waals surface area contributed by atoms with Gasteiger partial charge in [-0.25, -0.2) is 13.8 Å². The molecule has 124 valence electrons. The first-order valence-electron chi connectivity index (χ1n) is 5.93. The second-order valence-corrected chi connectivity index (χ2v) is 4.04. The summed E-state index contributed by atoms with van der Waals surface area (Å²) in [5.41, 5.74) is -0.0809. The number of nitrogens with zero attached hydrogens (tertiary/aromatic N) is 3. The highest BCUT2D eigenvalue weighted by molar-refractivity contribution is 6.03. The SMILES string of the molecule is O=C(Nc1n[nH]c(C(F)(F)F)n1)c1ccnc(OCC(F)F)c1. The molecule has 0 unspecified atom stereocenters. The van der Waals surface area contributed by atoms with Crippen molar-refractivity contribution >= 4 is 11.9 Å². The van der Waals surface area contributed by atoms with Gasteiger partial charge in [-0.15, -0.1) is 5.10 Å². The van der Waals surface area contributed by atoms with E-state index in [9.17, 15) is 26.7 Å². The summed E-state index contributed by atoms with van der Waals surface area (Å²) in [5, 5.41) is 6.84. The van der Waals surface area contributed by atoms with Crippen LogP contribution in [0.25, 0.3) is 0 Å². The van der Waals surface area contributed by atoms with E-state index in [4.69, 9.17) is 0 Å². The highest BCUT2D eigenvalue weighted by atomic mass is 19.4. The molecule has 2 N–H and O–H groups in total. The van der Waals surface area contributed by atoms with Crippen LogP contribution in [0.15, 0.2) is 18.3 Å². The van der Waals surface area contributed by atoms with Crippen LogP contribution in [0.4, 0.5) is 27.9 Å². The van der Waals surface area contributed by atoms with Gasteiger partial charge in [0.2, 0.25) is 17.7 Å². The molecule has 7 nitrogen and oxygen atoms in total. The van der Waals surface area contributed by atoms with Crippen LogP contribution >= 0.6 is 0 Å². The van der Waals surface area contributed by atoms with Crippen LogP contribution in [0.1, 0.15) is 16.2 Å². The quantitative estimate of drug-likeness (QED) is 0.815. The molecular weight excluding hydrogens is 329 g/mol. The van der Waals surface area contributed by atoms with Gasteiger partial charge in [-0.2, -0.15) is 18.2 Å². The van der Waals surface area contributed by atoms with Crippen LogP contribution in [-0.2, 0) is 6.18 Å². The molecule has 12 heteroatoms. The summed E-state index contributed by atoms with van der Waals surface area (Å²) < 4.78 is 65.7. The zero-order chi connectivity index (χ0) is 17.0. The number of carbonyl (C=O) groups excluding carboxylic acids is 1. The third kappa shape index (κ3) is 4.59. The molecule has 0 spiro atoms. The molecular formula is C11H8F5N5O2. The first-order chi connectivity index (χ1) is 10.8. The van der Waals surface area contributed by atoms with E-state index in [1.165, 1.54) is 6.07 Å². The Labute approximate surface area is 124 Å². The summed E-state index contributed by atoms with van der Waals surface area (Å²) in [5.74, 6) is -3.05. The summed E-state index contributed by atoms with van der Waals surface area (Å²) >= 11 is 0. The molecule has 0 bridgehead atoms. The lowest BCUT2D eigenvalue weighted by molar-refractivity contribution is -0.144. The first kappa shape index (κ1) is 16.6. The Kier molecular flexibility index (Phi) is 4.71. The number of alkyl halides is 5. The molecule has 23 heavy (non-hydrogen) atoms. The molecule has 0 fully saturated rings. The number of hydrogen-bond donors (Lipinski definition) is 2. The van der Waals surface area contributed by atoms with Gasteiger partial charge in [-0.05, 0) is 6.07 Å². The monoisotopic (exact) mass is 337 g/mol. The predicted octanol–water partition coefficient (Wildman–Crippen LogP) is 2.11. The van der Waals surface area contributed by atoms with Crippen molar-refractivity contribution in [3.63, 3.8) is 0 Å². The van der Waals surface area contributed by atoms with E-state index >= 15 is 0 Å². The lowest BCUT2D eigenvalue weighted by Gasteiger charge is -2.06. The lowest BCUT2D eigenvalue weighted by Crippen LogP contribution is -2.14. The van der Waals surface area contributed by atoms with E-state index in [2.05, 4.69) is 19.8 Å². The van der Waals surface area contributed by atoms with Crippen molar-refractivity contribution in [2.24, 2.45) is 0 Å². The van der Waals surface area contributed by atoms with Crippen LogP contribution < -0.4 is 10.1 Å². The van der Waals surface area contributed by atoms with Crippen molar-refractivity contribution < 1.29 is 31.5 Å². The van der Waals surface area contributed by atoms with Gasteiger partial charge in [-0.3, -0.25) is 15.2 Å². The summed E-state index contributed by atoms with van der Waals surface area (Å²) in [6, 6.07) is 2.26. The molecule has 0 aliphatic heterocycles. The zero-order valence-electron chi connectivity index (χ0n) is 11.1. The molecule has 0 saturated heterocycles. The number of hydrogen-bond acceptors (Lipinski definition) is 5. The van der Waals surface area contributed by atoms with E-state index < -0.39 is 36.9 Å². The van der Waals surface area contributed by atoms with Gasteiger partial charge >= 0.3 is 6.18 Å². The number of aromatic amines is 1. The van der Waals surface area contributed by atoms with Crippen LogP contribution in [0.2, 0.25) is 0 Å². The minimum Gasteiger partial charge on any atom is -0.472 e. The highest BCUT2D eigenvalue weighted by Crippen LogP contribution is 2.26. The van der Waals surface area contributed by atoms with Gasteiger partial charge in [-0.1, -0.05) is 0 Å². The van der Waals surface area contributed by atoms with E-state index in [1.807, 2.05) is 5.32 Å². The number of rotatable bonds is 5. The largest absolute Gasteiger partial charge is 0.472 e. The number of halogens is 5. The molecule has 2 rings (SSSR count). The molecule has 0 aromatic carbocycles. The number of aromatic nitrogens is 4. The van der Waals surface area contributed by atoms with Crippen LogP contribution in [0, 0.1) is 0 Å².